The molecule has 0 aromatic heterocycles. The largest absolute Gasteiger partial charge is 0.469 e. The van der Waals surface area contributed by atoms with Gasteiger partial charge in [0.15, 0.2) is 0 Å². The Morgan fingerprint density at radius 1 is 1.20 bits per heavy atom. The number of hydrogen-bond donors (Lipinski definition) is 0. The molecule has 0 radical (unpaired) electrons. The summed E-state index contributed by atoms with van der Waals surface area (Å²) in [7, 11) is -2.56. The molecule has 25 heavy (non-hydrogen) atoms. The molecule has 0 unspecified atom stereocenters. The summed E-state index contributed by atoms with van der Waals surface area (Å²) in [5, 5.41) is 0. The van der Waals surface area contributed by atoms with Gasteiger partial charge < -0.3 is 9.47 Å². The number of fused-ring (bicyclic) bond motifs is 2. The summed E-state index contributed by atoms with van der Waals surface area (Å²) in [4.78, 5) is 12.4. The maximum Gasteiger partial charge on any atom is 0.312 e. The summed E-state index contributed by atoms with van der Waals surface area (Å²) in [6, 6.07) is 6.47. The number of esters is 1. The van der Waals surface area contributed by atoms with Crippen LogP contribution >= 0.6 is 0 Å². The fourth-order valence-corrected chi connectivity index (χ4v) is 5.07. The molecule has 6 nitrogen and oxygen atoms in total. The third-order valence-electron chi connectivity index (χ3n) is 5.60. The minimum absolute atomic E-state index is 0.105. The number of carbonyl (C=O) groups is 1. The second kappa shape index (κ2) is 6.07. The zero-order valence-corrected chi connectivity index (χ0v) is 15.8. The van der Waals surface area contributed by atoms with Gasteiger partial charge in [0.05, 0.1) is 35.7 Å². The van der Waals surface area contributed by atoms with Crippen molar-refractivity contribution in [1.82, 2.24) is 0 Å². The lowest BCUT2D eigenvalue weighted by molar-refractivity contribution is -0.152. The molecule has 2 bridgehead atoms. The lowest BCUT2D eigenvalue weighted by Gasteiger charge is -2.34. The van der Waals surface area contributed by atoms with Crippen LogP contribution in [0.1, 0.15) is 32.3 Å². The molecule has 2 aliphatic rings. The molecule has 138 valence electrons. The normalized spacial score (nSPS) is 34.2. The molecule has 1 aromatic carbocycles. The lowest BCUT2D eigenvalue weighted by Crippen LogP contribution is -2.45. The van der Waals surface area contributed by atoms with Gasteiger partial charge in [0.1, 0.15) is 0 Å². The van der Waals surface area contributed by atoms with Crippen LogP contribution in [0.25, 0.3) is 0 Å². The van der Waals surface area contributed by atoms with Crippen LogP contribution in [0.15, 0.2) is 29.2 Å². The molecular formula is C18H24O6S. The van der Waals surface area contributed by atoms with E-state index in [1.807, 2.05) is 20.8 Å². The van der Waals surface area contributed by atoms with E-state index in [9.17, 15) is 13.2 Å². The Kier molecular flexibility index (Phi) is 4.46. The molecule has 0 aliphatic carbocycles. The van der Waals surface area contributed by atoms with E-state index in [1.165, 1.54) is 19.2 Å². The molecule has 0 N–H and O–H groups in total. The van der Waals surface area contributed by atoms with E-state index in [4.69, 9.17) is 13.7 Å². The van der Waals surface area contributed by atoms with Crippen LogP contribution in [0, 0.1) is 18.8 Å². The van der Waals surface area contributed by atoms with Crippen molar-refractivity contribution >= 4 is 16.1 Å². The molecule has 2 heterocycles. The van der Waals surface area contributed by atoms with Crippen molar-refractivity contribution in [3.63, 3.8) is 0 Å². The molecule has 0 saturated carbocycles. The number of methoxy groups -OCH3 is 1. The maximum atomic E-state index is 12.5. The Morgan fingerprint density at radius 2 is 1.80 bits per heavy atom. The monoisotopic (exact) mass is 368 g/mol. The second-order valence-corrected chi connectivity index (χ2v) is 9.00. The molecular weight excluding hydrogens is 344 g/mol. The van der Waals surface area contributed by atoms with Gasteiger partial charge in [-0.3, -0.25) is 8.98 Å². The predicted molar refractivity (Wildman–Crippen MR) is 90.4 cm³/mol. The van der Waals surface area contributed by atoms with Gasteiger partial charge in [-0.05, 0) is 45.7 Å². The van der Waals surface area contributed by atoms with Crippen LogP contribution in [0.3, 0.4) is 0 Å². The van der Waals surface area contributed by atoms with Crippen LogP contribution < -0.4 is 0 Å². The zero-order chi connectivity index (χ0) is 18.5. The first kappa shape index (κ1) is 18.4. The number of aryl methyl sites for hydroxylation is 1. The topological polar surface area (TPSA) is 78.9 Å². The number of hydrogen-bond acceptors (Lipinski definition) is 6. The highest BCUT2D eigenvalue weighted by Crippen LogP contribution is 2.57. The van der Waals surface area contributed by atoms with Gasteiger partial charge in [-0.2, -0.15) is 8.42 Å². The summed E-state index contributed by atoms with van der Waals surface area (Å²) < 4.78 is 41.3. The summed E-state index contributed by atoms with van der Waals surface area (Å²) >= 11 is 0. The smallest absolute Gasteiger partial charge is 0.312 e. The quantitative estimate of drug-likeness (QED) is 0.587. The van der Waals surface area contributed by atoms with E-state index in [0.29, 0.717) is 0 Å². The molecule has 1 aromatic rings. The van der Waals surface area contributed by atoms with Crippen molar-refractivity contribution in [2.75, 3.05) is 13.7 Å². The Morgan fingerprint density at radius 3 is 2.40 bits per heavy atom. The average molecular weight is 368 g/mol. The van der Waals surface area contributed by atoms with Crippen molar-refractivity contribution in [3.8, 4) is 0 Å². The van der Waals surface area contributed by atoms with Crippen molar-refractivity contribution in [3.05, 3.63) is 29.8 Å². The molecule has 3 rings (SSSR count). The van der Waals surface area contributed by atoms with Crippen LogP contribution in [0.2, 0.25) is 0 Å². The van der Waals surface area contributed by atoms with Gasteiger partial charge in [-0.1, -0.05) is 17.7 Å². The Balaban J connectivity index is 1.81. The Hall–Kier alpha value is -1.44. The van der Waals surface area contributed by atoms with Crippen LogP contribution in [0.5, 0.6) is 0 Å². The zero-order valence-electron chi connectivity index (χ0n) is 14.9. The van der Waals surface area contributed by atoms with Gasteiger partial charge in [-0.25, -0.2) is 0 Å². The van der Waals surface area contributed by atoms with Gasteiger partial charge in [-0.15, -0.1) is 0 Å². The lowest BCUT2D eigenvalue weighted by atomic mass is 9.68. The van der Waals surface area contributed by atoms with Crippen molar-refractivity contribution in [1.29, 1.82) is 0 Å². The van der Waals surface area contributed by atoms with Crippen molar-refractivity contribution in [2.24, 2.45) is 11.8 Å². The molecule has 2 aliphatic heterocycles. The fourth-order valence-electron chi connectivity index (χ4n) is 4.14. The van der Waals surface area contributed by atoms with Gasteiger partial charge >= 0.3 is 5.97 Å². The third kappa shape index (κ3) is 3.09. The molecule has 0 spiro atoms. The molecule has 0 amide bonds. The summed E-state index contributed by atoms with van der Waals surface area (Å²) in [6.45, 7) is 5.57. The third-order valence-corrected chi connectivity index (χ3v) is 6.89. The first-order valence-corrected chi connectivity index (χ1v) is 9.76. The first-order valence-electron chi connectivity index (χ1n) is 8.35. The SMILES string of the molecule is COC(=O)[C@@H]1[C@@H](COS(=O)(=O)c2ccc(C)cc2)[C@]2(C)CC[C@@]1(C)O2. The standard InChI is InChI=1S/C18H24O6S/c1-12-5-7-13(8-6-12)25(20,21)23-11-14-15(16(19)22-4)18(3)10-9-17(14,2)24-18/h5-8,14-15H,9-11H2,1-4H3/t14-,15+,17+,18-/m1/s1. The average Bonchev–Trinajstić information content (AvgIpc) is 2.98. The van der Waals surface area contributed by atoms with E-state index in [2.05, 4.69) is 0 Å². The highest BCUT2D eigenvalue weighted by Gasteiger charge is 2.66. The molecule has 4 atom stereocenters. The molecule has 2 fully saturated rings. The van der Waals surface area contributed by atoms with E-state index >= 15 is 0 Å². The Labute approximate surface area is 148 Å². The summed E-state index contributed by atoms with van der Waals surface area (Å²) in [6.07, 6.45) is 1.50. The highest BCUT2D eigenvalue weighted by atomic mass is 32.2. The van der Waals surface area contributed by atoms with Crippen LogP contribution in [-0.2, 0) is 28.6 Å². The molecule has 2 saturated heterocycles. The summed E-state index contributed by atoms with van der Waals surface area (Å²) in [5.41, 5.74) is -0.258. The maximum absolute atomic E-state index is 12.5. The van der Waals surface area contributed by atoms with Gasteiger partial charge in [0, 0.05) is 5.92 Å². The van der Waals surface area contributed by atoms with E-state index in [1.54, 1.807) is 12.1 Å². The number of rotatable bonds is 5. The van der Waals surface area contributed by atoms with Crippen molar-refractivity contribution in [2.45, 2.75) is 49.7 Å². The minimum Gasteiger partial charge on any atom is -0.469 e. The Bertz CT molecular complexity index is 771. The van der Waals surface area contributed by atoms with Gasteiger partial charge in [0.2, 0.25) is 0 Å². The van der Waals surface area contributed by atoms with E-state index < -0.39 is 27.2 Å². The van der Waals surface area contributed by atoms with Crippen LogP contribution in [-0.4, -0.2) is 39.3 Å². The summed E-state index contributed by atoms with van der Waals surface area (Å²) in [5.74, 6) is -1.30. The van der Waals surface area contributed by atoms with E-state index in [0.717, 1.165) is 18.4 Å². The fraction of sp³-hybridized carbons (Fsp3) is 0.611. The number of carbonyl (C=O) groups excluding carboxylic acids is 1. The molecule has 7 heteroatoms. The second-order valence-electron chi connectivity index (χ2n) is 7.39. The van der Waals surface area contributed by atoms with Crippen molar-refractivity contribution < 1.29 is 26.9 Å². The number of benzene rings is 1. The predicted octanol–water partition coefficient (Wildman–Crippen LogP) is 2.45. The number of ether oxygens (including phenoxy) is 2. The first-order chi connectivity index (χ1) is 11.6. The minimum atomic E-state index is -3.89. The van der Waals surface area contributed by atoms with Gasteiger partial charge in [0.25, 0.3) is 10.1 Å². The van der Waals surface area contributed by atoms with Crippen LogP contribution in [0.4, 0.5) is 0 Å². The highest BCUT2D eigenvalue weighted by molar-refractivity contribution is 7.86. The van der Waals surface area contributed by atoms with E-state index in [-0.39, 0.29) is 23.4 Å².